The number of aliphatic hydroxyl groups is 1. The van der Waals surface area contributed by atoms with Crippen molar-refractivity contribution < 1.29 is 24.6 Å². The number of carboxylic acids is 1. The molecule has 0 amide bonds. The lowest BCUT2D eigenvalue weighted by Gasteiger charge is -2.62. The molecule has 0 unspecified atom stereocenters. The van der Waals surface area contributed by atoms with Crippen LogP contribution in [0.2, 0.25) is 0 Å². The van der Waals surface area contributed by atoms with Gasteiger partial charge >= 0.3 is 5.97 Å². The van der Waals surface area contributed by atoms with Crippen molar-refractivity contribution in [3.05, 3.63) is 0 Å². The zero-order valence-corrected chi connectivity index (χ0v) is 17.6. The quantitative estimate of drug-likeness (QED) is 0.744. The van der Waals surface area contributed by atoms with Gasteiger partial charge in [-0.3, -0.25) is 14.4 Å². The first kappa shape index (κ1) is 21.5. The maximum Gasteiger partial charge on any atom is 0.303 e. The fraction of sp³-hybridized carbons (Fsp3) is 0.870. The number of hydrogen-bond acceptors (Lipinski definition) is 4. The van der Waals surface area contributed by atoms with Crippen LogP contribution in [0.3, 0.4) is 0 Å². The number of rotatable bonds is 2. The SMILES string of the molecule is CCC(=O)O.C[C@H]1CC(=O)C[C@@H]2CC[C@@H]3[C@H](CC[C@]4(C)C(=O)CC[C@@H]34)[C@]21CO. The van der Waals surface area contributed by atoms with E-state index >= 15 is 0 Å². The van der Waals surface area contributed by atoms with Crippen LogP contribution in [0.15, 0.2) is 0 Å². The predicted molar refractivity (Wildman–Crippen MR) is 106 cm³/mol. The summed E-state index contributed by atoms with van der Waals surface area (Å²) in [4.78, 5) is 33.9. The Labute approximate surface area is 168 Å². The summed E-state index contributed by atoms with van der Waals surface area (Å²) < 4.78 is 0. The maximum absolute atomic E-state index is 12.5. The fourth-order valence-corrected chi connectivity index (χ4v) is 7.45. The van der Waals surface area contributed by atoms with Crippen molar-refractivity contribution >= 4 is 17.5 Å². The molecule has 0 radical (unpaired) electrons. The van der Waals surface area contributed by atoms with Gasteiger partial charge in [0.2, 0.25) is 0 Å². The number of aliphatic hydroxyl groups excluding tert-OH is 1. The molecule has 4 rings (SSSR count). The topological polar surface area (TPSA) is 91.7 Å². The van der Waals surface area contributed by atoms with Crippen LogP contribution in [0.5, 0.6) is 0 Å². The van der Waals surface area contributed by atoms with E-state index in [9.17, 15) is 19.5 Å². The first-order valence-electron chi connectivity index (χ1n) is 11.1. The van der Waals surface area contributed by atoms with Gasteiger partial charge in [-0.1, -0.05) is 20.8 Å². The molecular weight excluding hydrogens is 356 g/mol. The van der Waals surface area contributed by atoms with Crippen LogP contribution in [0.1, 0.15) is 78.6 Å². The highest BCUT2D eigenvalue weighted by Crippen LogP contribution is 2.66. The van der Waals surface area contributed by atoms with E-state index < -0.39 is 5.97 Å². The van der Waals surface area contributed by atoms with Crippen LogP contribution >= 0.6 is 0 Å². The summed E-state index contributed by atoms with van der Waals surface area (Å²) in [6.07, 6.45) is 7.63. The normalized spacial score (nSPS) is 44.6. The van der Waals surface area contributed by atoms with Crippen LogP contribution in [-0.2, 0) is 14.4 Å². The Morgan fingerprint density at radius 1 is 1.11 bits per heavy atom. The van der Waals surface area contributed by atoms with Crippen molar-refractivity contribution in [2.45, 2.75) is 78.6 Å². The molecule has 158 valence electrons. The van der Waals surface area contributed by atoms with Crippen LogP contribution < -0.4 is 0 Å². The number of ketones is 2. The van der Waals surface area contributed by atoms with Gasteiger partial charge in [-0.25, -0.2) is 0 Å². The molecule has 2 N–H and O–H groups in total. The summed E-state index contributed by atoms with van der Waals surface area (Å²) in [5.41, 5.74) is -0.165. The van der Waals surface area contributed by atoms with Crippen LogP contribution in [0.25, 0.3) is 0 Å². The van der Waals surface area contributed by atoms with Gasteiger partial charge in [0.25, 0.3) is 0 Å². The van der Waals surface area contributed by atoms with Crippen molar-refractivity contribution in [3.8, 4) is 0 Å². The molecule has 5 heteroatoms. The number of carbonyl (C=O) groups is 3. The van der Waals surface area contributed by atoms with Crippen molar-refractivity contribution in [1.82, 2.24) is 0 Å². The summed E-state index contributed by atoms with van der Waals surface area (Å²) >= 11 is 0. The predicted octanol–water partition coefficient (Wildman–Crippen LogP) is 3.87. The van der Waals surface area contributed by atoms with E-state index in [1.54, 1.807) is 6.92 Å². The summed E-state index contributed by atoms with van der Waals surface area (Å²) in [6, 6.07) is 0. The summed E-state index contributed by atoms with van der Waals surface area (Å²) in [5, 5.41) is 18.2. The molecule has 4 fully saturated rings. The maximum atomic E-state index is 12.5. The van der Waals surface area contributed by atoms with Crippen molar-refractivity contribution in [1.29, 1.82) is 0 Å². The number of carboxylic acid groups (broad SMARTS) is 1. The molecule has 0 bridgehead atoms. The fourth-order valence-electron chi connectivity index (χ4n) is 7.45. The Kier molecular flexibility index (Phi) is 6.05. The highest BCUT2D eigenvalue weighted by molar-refractivity contribution is 5.87. The van der Waals surface area contributed by atoms with E-state index in [0.717, 1.165) is 38.5 Å². The van der Waals surface area contributed by atoms with E-state index in [2.05, 4.69) is 13.8 Å². The van der Waals surface area contributed by atoms with E-state index in [4.69, 9.17) is 5.11 Å². The van der Waals surface area contributed by atoms with Crippen LogP contribution in [-0.4, -0.2) is 34.4 Å². The summed E-state index contributed by atoms with van der Waals surface area (Å²) in [5.74, 6) is 2.39. The molecule has 5 nitrogen and oxygen atoms in total. The van der Waals surface area contributed by atoms with Crippen molar-refractivity contribution in [2.24, 2.45) is 40.4 Å². The highest BCUT2D eigenvalue weighted by Gasteiger charge is 2.63. The Morgan fingerprint density at radius 3 is 2.39 bits per heavy atom. The van der Waals surface area contributed by atoms with Gasteiger partial charge in [0.1, 0.15) is 11.6 Å². The summed E-state index contributed by atoms with van der Waals surface area (Å²) in [6.45, 7) is 6.22. The lowest BCUT2D eigenvalue weighted by atomic mass is 9.42. The molecule has 7 atom stereocenters. The number of hydrogen-bond donors (Lipinski definition) is 2. The molecule has 0 spiro atoms. The van der Waals surface area contributed by atoms with Crippen LogP contribution in [0.4, 0.5) is 0 Å². The molecule has 0 aliphatic heterocycles. The highest BCUT2D eigenvalue weighted by atomic mass is 16.4. The zero-order valence-electron chi connectivity index (χ0n) is 17.6. The Bertz CT molecular complexity index is 643. The first-order valence-corrected chi connectivity index (χ1v) is 11.1. The second-order valence-electron chi connectivity index (χ2n) is 9.93. The number of aliphatic carboxylic acids is 1. The smallest absolute Gasteiger partial charge is 0.303 e. The average molecular weight is 393 g/mol. The standard InChI is InChI=1S/C20H30O3.C3H6O2/c1-12-9-14(22)10-13-3-4-15-16-5-6-18(23)19(16,2)8-7-17(15)20(12,13)11-21;1-2-3(4)5/h12-13,15-17,21H,3-11H2,1-2H3;2H2,1H3,(H,4,5)/t12-,13-,15-,16-,17-,19-,20-;/m0./s1. The van der Waals surface area contributed by atoms with Gasteiger partial charge in [-0.2, -0.15) is 0 Å². The van der Waals surface area contributed by atoms with Crippen molar-refractivity contribution in [3.63, 3.8) is 0 Å². The third-order valence-electron chi connectivity index (χ3n) is 8.95. The lowest BCUT2D eigenvalue weighted by molar-refractivity contribution is -0.169. The molecule has 4 aliphatic carbocycles. The van der Waals surface area contributed by atoms with Crippen molar-refractivity contribution in [2.75, 3.05) is 6.61 Å². The number of carbonyl (C=O) groups excluding carboxylic acids is 2. The van der Waals surface area contributed by atoms with Crippen LogP contribution in [0, 0.1) is 40.4 Å². The average Bonchev–Trinajstić information content (AvgIpc) is 2.96. The largest absolute Gasteiger partial charge is 0.481 e. The molecule has 4 saturated carbocycles. The Hall–Kier alpha value is -1.23. The van der Waals surface area contributed by atoms with E-state index in [-0.39, 0.29) is 29.8 Å². The van der Waals surface area contributed by atoms with Gasteiger partial charge in [0, 0.05) is 43.1 Å². The number of Topliss-reactive ketones (excluding diaryl/α,β-unsaturated/α-hetero) is 2. The minimum Gasteiger partial charge on any atom is -0.481 e. The second kappa shape index (κ2) is 7.89. The Balaban J connectivity index is 0.000000403. The van der Waals surface area contributed by atoms with E-state index in [1.807, 2.05) is 0 Å². The third-order valence-corrected chi connectivity index (χ3v) is 8.95. The summed E-state index contributed by atoms with van der Waals surface area (Å²) in [7, 11) is 0. The molecule has 28 heavy (non-hydrogen) atoms. The monoisotopic (exact) mass is 392 g/mol. The van der Waals surface area contributed by atoms with Gasteiger partial charge in [-0.15, -0.1) is 0 Å². The van der Waals surface area contributed by atoms with Gasteiger partial charge in [0.15, 0.2) is 0 Å². The van der Waals surface area contributed by atoms with Gasteiger partial charge in [-0.05, 0) is 61.7 Å². The molecule has 0 aromatic rings. The lowest BCUT2D eigenvalue weighted by Crippen LogP contribution is -2.59. The molecule has 0 heterocycles. The molecule has 0 aromatic carbocycles. The second-order valence-corrected chi connectivity index (χ2v) is 9.93. The molecule has 0 saturated heterocycles. The minimum atomic E-state index is -0.745. The van der Waals surface area contributed by atoms with Gasteiger partial charge in [0.05, 0.1) is 0 Å². The Morgan fingerprint density at radius 2 is 1.79 bits per heavy atom. The van der Waals surface area contributed by atoms with E-state index in [1.165, 1.54) is 0 Å². The van der Waals surface area contributed by atoms with Gasteiger partial charge < -0.3 is 10.2 Å². The minimum absolute atomic E-state index is 0.0657. The zero-order chi connectivity index (χ0) is 20.7. The molecule has 0 aromatic heterocycles. The number of fused-ring (bicyclic) bond motifs is 5. The molecule has 4 aliphatic rings. The first-order chi connectivity index (χ1) is 13.2. The molecular formula is C23H36O5. The third kappa shape index (κ3) is 3.24. The van der Waals surface area contributed by atoms with E-state index in [0.29, 0.717) is 48.1 Å².